The molecule has 0 spiro atoms. The van der Waals surface area contributed by atoms with E-state index in [2.05, 4.69) is 38.2 Å². The molecular weight excluding hydrogens is 280 g/mol. The van der Waals surface area contributed by atoms with Gasteiger partial charge in [0.15, 0.2) is 0 Å². The highest BCUT2D eigenvalue weighted by Crippen LogP contribution is 2.39. The molecule has 3 rings (SSSR count). The smallest absolute Gasteiger partial charge is 0.123 e. The van der Waals surface area contributed by atoms with Crippen molar-refractivity contribution in [1.29, 1.82) is 0 Å². The first-order valence-electron chi connectivity index (χ1n) is 7.53. The zero-order valence-electron chi connectivity index (χ0n) is 12.8. The molecule has 112 valence electrons. The number of benzene rings is 1. The van der Waals surface area contributed by atoms with Crippen molar-refractivity contribution in [2.75, 3.05) is 13.2 Å². The van der Waals surface area contributed by atoms with Crippen molar-refractivity contribution in [3.8, 4) is 5.75 Å². The molecule has 1 atom stereocenters. The number of para-hydroxylation sites is 1. The fourth-order valence-electron chi connectivity index (χ4n) is 2.61. The lowest BCUT2D eigenvalue weighted by molar-refractivity contribution is 0.343. The Bertz CT molecular complexity index is 621. The second-order valence-electron chi connectivity index (χ2n) is 5.99. The Morgan fingerprint density at radius 2 is 2.19 bits per heavy atom. The van der Waals surface area contributed by atoms with Crippen LogP contribution in [0.4, 0.5) is 0 Å². The maximum absolute atomic E-state index is 5.78. The average Bonchev–Trinajstić information content (AvgIpc) is 3.02. The zero-order valence-corrected chi connectivity index (χ0v) is 13.7. The highest BCUT2D eigenvalue weighted by atomic mass is 32.1. The van der Waals surface area contributed by atoms with Crippen LogP contribution in [-0.2, 0) is 6.54 Å². The van der Waals surface area contributed by atoms with Crippen LogP contribution in [0, 0.1) is 12.8 Å². The fraction of sp³-hybridized carbons (Fsp3) is 0.471. The van der Waals surface area contributed by atoms with E-state index in [0.29, 0.717) is 18.4 Å². The lowest BCUT2D eigenvalue weighted by Crippen LogP contribution is -2.18. The molecule has 1 N–H and O–H groups in total. The van der Waals surface area contributed by atoms with E-state index in [1.54, 1.807) is 0 Å². The predicted molar refractivity (Wildman–Crippen MR) is 87.2 cm³/mol. The minimum Gasteiger partial charge on any atom is -0.492 e. The topological polar surface area (TPSA) is 34.1 Å². The van der Waals surface area contributed by atoms with Gasteiger partial charge < -0.3 is 10.1 Å². The van der Waals surface area contributed by atoms with Crippen LogP contribution < -0.4 is 10.1 Å². The molecule has 1 aliphatic heterocycles. The van der Waals surface area contributed by atoms with E-state index in [-0.39, 0.29) is 0 Å². The van der Waals surface area contributed by atoms with Gasteiger partial charge in [0.2, 0.25) is 0 Å². The molecule has 2 aromatic rings. The molecule has 3 nitrogen and oxygen atoms in total. The quantitative estimate of drug-likeness (QED) is 0.914. The van der Waals surface area contributed by atoms with Gasteiger partial charge in [0, 0.05) is 17.0 Å². The maximum atomic E-state index is 5.78. The number of aromatic nitrogens is 1. The summed E-state index contributed by atoms with van der Waals surface area (Å²) in [4.78, 5) is 6.13. The summed E-state index contributed by atoms with van der Waals surface area (Å²) in [5.41, 5.74) is 2.42. The van der Waals surface area contributed by atoms with Gasteiger partial charge in [-0.15, -0.1) is 11.3 Å². The molecule has 0 saturated carbocycles. The molecule has 1 aromatic carbocycles. The Labute approximate surface area is 130 Å². The molecule has 1 unspecified atom stereocenters. The first kappa shape index (κ1) is 14.5. The molecule has 2 heterocycles. The second kappa shape index (κ2) is 6.16. The first-order valence-corrected chi connectivity index (χ1v) is 8.35. The molecular formula is C17H22N2OS. The Morgan fingerprint density at radius 3 is 3.00 bits per heavy atom. The van der Waals surface area contributed by atoms with Crippen molar-refractivity contribution in [1.82, 2.24) is 10.3 Å². The molecule has 0 aliphatic carbocycles. The van der Waals surface area contributed by atoms with E-state index >= 15 is 0 Å². The van der Waals surface area contributed by atoms with Crippen molar-refractivity contribution in [3.05, 3.63) is 45.4 Å². The largest absolute Gasteiger partial charge is 0.492 e. The summed E-state index contributed by atoms with van der Waals surface area (Å²) in [6, 6.07) is 8.29. The Hall–Kier alpha value is -1.39. The van der Waals surface area contributed by atoms with Crippen LogP contribution in [-0.4, -0.2) is 18.1 Å². The van der Waals surface area contributed by atoms with Gasteiger partial charge >= 0.3 is 0 Å². The van der Waals surface area contributed by atoms with E-state index < -0.39 is 0 Å². The van der Waals surface area contributed by atoms with E-state index in [4.69, 9.17) is 9.72 Å². The number of fused-ring (bicyclic) bond motifs is 1. The number of hydrogen-bond donors (Lipinski definition) is 1. The summed E-state index contributed by atoms with van der Waals surface area (Å²) in [5, 5.41) is 4.68. The minimum atomic E-state index is 0.295. The summed E-state index contributed by atoms with van der Waals surface area (Å²) in [7, 11) is 0. The van der Waals surface area contributed by atoms with Crippen molar-refractivity contribution in [2.24, 2.45) is 5.92 Å². The molecule has 1 aliphatic rings. The number of nitrogens with one attached hydrogen (secondary N) is 1. The first-order chi connectivity index (χ1) is 10.1. The number of nitrogens with zero attached hydrogens (tertiary/aromatic N) is 1. The summed E-state index contributed by atoms with van der Waals surface area (Å²) in [6.45, 7) is 9.23. The van der Waals surface area contributed by atoms with Crippen LogP contribution in [0.25, 0.3) is 0 Å². The SMILES string of the molecule is Cc1nc(C2COc3ccccc32)sc1CNCC(C)C. The normalized spacial score (nSPS) is 17.0. The molecule has 0 radical (unpaired) electrons. The summed E-state index contributed by atoms with van der Waals surface area (Å²) in [5.74, 6) is 1.98. The van der Waals surface area contributed by atoms with Crippen LogP contribution in [0.3, 0.4) is 0 Å². The van der Waals surface area contributed by atoms with Crippen LogP contribution in [0.15, 0.2) is 24.3 Å². The van der Waals surface area contributed by atoms with Crippen molar-refractivity contribution in [3.63, 3.8) is 0 Å². The lowest BCUT2D eigenvalue weighted by Gasteiger charge is -2.06. The third-order valence-electron chi connectivity index (χ3n) is 3.75. The summed E-state index contributed by atoms with van der Waals surface area (Å²) < 4.78 is 5.78. The van der Waals surface area contributed by atoms with Gasteiger partial charge in [0.25, 0.3) is 0 Å². The van der Waals surface area contributed by atoms with Crippen molar-refractivity contribution >= 4 is 11.3 Å². The standard InChI is InChI=1S/C17H22N2OS/c1-11(2)8-18-9-16-12(3)19-17(21-16)14-10-20-15-7-5-4-6-13(14)15/h4-7,11,14,18H,8-10H2,1-3H3. The third kappa shape index (κ3) is 3.11. The third-order valence-corrected chi connectivity index (χ3v) is 5.02. The average molecular weight is 302 g/mol. The number of rotatable bonds is 5. The maximum Gasteiger partial charge on any atom is 0.123 e. The highest BCUT2D eigenvalue weighted by molar-refractivity contribution is 7.11. The molecule has 0 fully saturated rings. The Kier molecular flexibility index (Phi) is 4.27. The Morgan fingerprint density at radius 1 is 1.38 bits per heavy atom. The van der Waals surface area contributed by atoms with Gasteiger partial charge in [-0.3, -0.25) is 0 Å². The van der Waals surface area contributed by atoms with Crippen LogP contribution in [0.1, 0.15) is 40.9 Å². The van der Waals surface area contributed by atoms with E-state index in [1.165, 1.54) is 15.4 Å². The van der Waals surface area contributed by atoms with Gasteiger partial charge in [-0.2, -0.15) is 0 Å². The van der Waals surface area contributed by atoms with Gasteiger partial charge in [-0.1, -0.05) is 32.0 Å². The molecule has 1 aromatic heterocycles. The number of ether oxygens (including phenoxy) is 1. The van der Waals surface area contributed by atoms with E-state index in [0.717, 1.165) is 24.5 Å². The van der Waals surface area contributed by atoms with E-state index in [1.807, 2.05) is 23.5 Å². The molecule has 21 heavy (non-hydrogen) atoms. The van der Waals surface area contributed by atoms with Crippen LogP contribution in [0.5, 0.6) is 5.75 Å². The van der Waals surface area contributed by atoms with Gasteiger partial charge in [0.05, 0.1) is 11.6 Å². The van der Waals surface area contributed by atoms with Crippen LogP contribution in [0.2, 0.25) is 0 Å². The molecule has 4 heteroatoms. The number of hydrogen-bond acceptors (Lipinski definition) is 4. The van der Waals surface area contributed by atoms with Gasteiger partial charge in [0.1, 0.15) is 17.4 Å². The lowest BCUT2D eigenvalue weighted by atomic mass is 10.0. The van der Waals surface area contributed by atoms with Gasteiger partial charge in [-0.05, 0) is 25.5 Å². The van der Waals surface area contributed by atoms with Crippen molar-refractivity contribution < 1.29 is 4.74 Å². The summed E-state index contributed by atoms with van der Waals surface area (Å²) in [6.07, 6.45) is 0. The summed E-state index contributed by atoms with van der Waals surface area (Å²) >= 11 is 1.82. The van der Waals surface area contributed by atoms with Crippen molar-refractivity contribution in [2.45, 2.75) is 33.2 Å². The minimum absolute atomic E-state index is 0.295. The van der Waals surface area contributed by atoms with Crippen LogP contribution >= 0.6 is 11.3 Å². The highest BCUT2D eigenvalue weighted by Gasteiger charge is 2.28. The number of thiazole rings is 1. The zero-order chi connectivity index (χ0) is 14.8. The van der Waals surface area contributed by atoms with Gasteiger partial charge in [-0.25, -0.2) is 4.98 Å². The second-order valence-corrected chi connectivity index (χ2v) is 7.10. The molecule has 0 amide bonds. The monoisotopic (exact) mass is 302 g/mol. The molecule has 0 bridgehead atoms. The fourth-order valence-corrected chi connectivity index (χ4v) is 3.74. The van der Waals surface area contributed by atoms with E-state index in [9.17, 15) is 0 Å². The predicted octanol–water partition coefficient (Wildman–Crippen LogP) is 3.72. The Balaban J connectivity index is 1.76. The molecule has 0 saturated heterocycles. The number of aryl methyl sites for hydroxylation is 1.